The highest BCUT2D eigenvalue weighted by molar-refractivity contribution is 5.82. The van der Waals surface area contributed by atoms with Gasteiger partial charge in [0.25, 0.3) is 0 Å². The number of nitrogens with zero attached hydrogens (tertiary/aromatic N) is 4. The zero-order valence-corrected chi connectivity index (χ0v) is 18.1. The Bertz CT molecular complexity index is 1020. The van der Waals surface area contributed by atoms with Crippen molar-refractivity contribution in [1.29, 1.82) is 0 Å². The maximum absolute atomic E-state index is 10.3. The molecule has 160 valence electrons. The molecule has 4 N–H and O–H groups in total. The lowest BCUT2D eigenvalue weighted by Crippen LogP contribution is -2.44. The summed E-state index contributed by atoms with van der Waals surface area (Å²) >= 11 is 0. The Balaban J connectivity index is 1.61. The van der Waals surface area contributed by atoms with Crippen molar-refractivity contribution in [3.63, 3.8) is 0 Å². The molecular formula is C23H32N6O. The molecular weight excluding hydrogens is 376 g/mol. The van der Waals surface area contributed by atoms with Gasteiger partial charge in [0.2, 0.25) is 5.95 Å². The molecule has 0 aliphatic carbocycles. The predicted molar refractivity (Wildman–Crippen MR) is 121 cm³/mol. The van der Waals surface area contributed by atoms with Gasteiger partial charge in [0.05, 0.1) is 17.6 Å². The first-order valence-electron chi connectivity index (χ1n) is 10.8. The molecule has 7 heteroatoms. The van der Waals surface area contributed by atoms with E-state index < -0.39 is 0 Å². The van der Waals surface area contributed by atoms with Crippen molar-refractivity contribution in [3.05, 3.63) is 47.3 Å². The topological polar surface area (TPSA) is 92.2 Å². The summed E-state index contributed by atoms with van der Waals surface area (Å²) in [6.07, 6.45) is 2.12. The van der Waals surface area contributed by atoms with Crippen molar-refractivity contribution in [2.75, 3.05) is 25.0 Å². The number of para-hydroxylation sites is 1. The molecule has 0 spiro atoms. The molecule has 3 heterocycles. The van der Waals surface area contributed by atoms with E-state index in [-0.39, 0.29) is 11.8 Å². The number of imidazole rings is 1. The lowest BCUT2D eigenvalue weighted by atomic mass is 10.0. The van der Waals surface area contributed by atoms with Gasteiger partial charge in [0.1, 0.15) is 11.4 Å². The Morgan fingerprint density at radius 1 is 1.17 bits per heavy atom. The number of piperidine rings is 1. The number of hydrogen-bond acceptors (Lipinski definition) is 6. The summed E-state index contributed by atoms with van der Waals surface area (Å²) < 4.78 is 2.14. The Morgan fingerprint density at radius 3 is 2.67 bits per heavy atom. The van der Waals surface area contributed by atoms with Crippen LogP contribution in [0, 0.1) is 13.8 Å². The average molecular weight is 409 g/mol. The molecule has 1 saturated heterocycles. The standard InChI is InChI=1S/C23H32N6O/c1-15-5-4-6-20-22(15)27-23(26-18-9-11-28(12-10-18)13-16(2)24)29(20)14-19-21(30)8-7-17(3)25-19/h4-8,16,18,30H,9-14,24H2,1-3H3,(H,26,27). The summed E-state index contributed by atoms with van der Waals surface area (Å²) in [6, 6.07) is 10.3. The number of likely N-dealkylation sites (tertiary alicyclic amines) is 1. The van der Waals surface area contributed by atoms with Crippen LogP contribution in [-0.4, -0.2) is 56.3 Å². The van der Waals surface area contributed by atoms with Crippen LogP contribution in [0.25, 0.3) is 11.0 Å². The number of aromatic nitrogens is 3. The number of nitrogens with one attached hydrogen (secondary N) is 1. The van der Waals surface area contributed by atoms with Gasteiger partial charge in [-0.05, 0) is 57.4 Å². The number of nitrogens with two attached hydrogens (primary N) is 1. The number of rotatable bonds is 6. The van der Waals surface area contributed by atoms with Gasteiger partial charge < -0.3 is 25.6 Å². The Hall–Kier alpha value is -2.64. The highest BCUT2D eigenvalue weighted by Gasteiger charge is 2.22. The third kappa shape index (κ3) is 4.42. The van der Waals surface area contributed by atoms with Crippen molar-refractivity contribution >= 4 is 17.0 Å². The van der Waals surface area contributed by atoms with Crippen molar-refractivity contribution in [2.24, 2.45) is 5.73 Å². The fourth-order valence-electron chi connectivity index (χ4n) is 4.28. The summed E-state index contributed by atoms with van der Waals surface area (Å²) in [6.45, 7) is 9.58. The first kappa shape index (κ1) is 20.6. The minimum absolute atomic E-state index is 0.205. The summed E-state index contributed by atoms with van der Waals surface area (Å²) in [5.41, 5.74) is 10.7. The number of aromatic hydroxyl groups is 1. The van der Waals surface area contributed by atoms with E-state index in [1.54, 1.807) is 6.07 Å². The molecule has 0 bridgehead atoms. The lowest BCUT2D eigenvalue weighted by Gasteiger charge is -2.33. The van der Waals surface area contributed by atoms with Crippen LogP contribution < -0.4 is 11.1 Å². The van der Waals surface area contributed by atoms with E-state index in [1.807, 2.05) is 13.0 Å². The molecule has 2 aromatic heterocycles. The Kier molecular flexibility index (Phi) is 5.92. The van der Waals surface area contributed by atoms with Gasteiger partial charge >= 0.3 is 0 Å². The van der Waals surface area contributed by atoms with E-state index in [2.05, 4.69) is 51.8 Å². The fraction of sp³-hybridized carbons (Fsp3) is 0.478. The maximum Gasteiger partial charge on any atom is 0.204 e. The van der Waals surface area contributed by atoms with Gasteiger partial charge in [-0.2, -0.15) is 0 Å². The average Bonchev–Trinajstić information content (AvgIpc) is 3.04. The van der Waals surface area contributed by atoms with Crippen molar-refractivity contribution in [1.82, 2.24) is 19.4 Å². The van der Waals surface area contributed by atoms with E-state index in [4.69, 9.17) is 10.7 Å². The highest BCUT2D eigenvalue weighted by atomic mass is 16.3. The van der Waals surface area contributed by atoms with Crippen LogP contribution in [-0.2, 0) is 6.54 Å². The monoisotopic (exact) mass is 408 g/mol. The predicted octanol–water partition coefficient (Wildman–Crippen LogP) is 3.03. The van der Waals surface area contributed by atoms with Crippen LogP contribution in [0.2, 0.25) is 0 Å². The number of anilines is 1. The molecule has 4 rings (SSSR count). The molecule has 1 unspecified atom stereocenters. The van der Waals surface area contributed by atoms with E-state index in [9.17, 15) is 5.11 Å². The van der Waals surface area contributed by atoms with Gasteiger partial charge in [-0.25, -0.2) is 4.98 Å². The molecule has 3 aromatic rings. The minimum Gasteiger partial charge on any atom is -0.506 e. The summed E-state index contributed by atoms with van der Waals surface area (Å²) in [4.78, 5) is 11.9. The summed E-state index contributed by atoms with van der Waals surface area (Å²) in [5.74, 6) is 1.05. The Morgan fingerprint density at radius 2 is 1.93 bits per heavy atom. The second kappa shape index (κ2) is 8.62. The summed E-state index contributed by atoms with van der Waals surface area (Å²) in [5, 5.41) is 14.0. The second-order valence-electron chi connectivity index (χ2n) is 8.58. The van der Waals surface area contributed by atoms with Crippen molar-refractivity contribution in [3.8, 4) is 5.75 Å². The molecule has 30 heavy (non-hydrogen) atoms. The molecule has 1 fully saturated rings. The molecule has 1 atom stereocenters. The lowest BCUT2D eigenvalue weighted by molar-refractivity contribution is 0.210. The minimum atomic E-state index is 0.205. The van der Waals surface area contributed by atoms with Crippen LogP contribution in [0.3, 0.4) is 0 Å². The largest absolute Gasteiger partial charge is 0.506 e. The molecule has 7 nitrogen and oxygen atoms in total. The third-order valence-corrected chi connectivity index (χ3v) is 5.84. The van der Waals surface area contributed by atoms with E-state index >= 15 is 0 Å². The van der Waals surface area contributed by atoms with Gasteiger partial charge in [-0.1, -0.05) is 12.1 Å². The SMILES string of the molecule is Cc1ccc(O)c(Cn2c(NC3CCN(CC(C)N)CC3)nc3c(C)cccc32)n1. The molecule has 0 amide bonds. The summed E-state index contributed by atoms with van der Waals surface area (Å²) in [7, 11) is 0. The zero-order valence-electron chi connectivity index (χ0n) is 18.1. The second-order valence-corrected chi connectivity index (χ2v) is 8.58. The third-order valence-electron chi connectivity index (χ3n) is 5.84. The maximum atomic E-state index is 10.3. The van der Waals surface area contributed by atoms with Gasteiger partial charge in [0, 0.05) is 37.4 Å². The van der Waals surface area contributed by atoms with Crippen LogP contribution in [0.1, 0.15) is 36.7 Å². The highest BCUT2D eigenvalue weighted by Crippen LogP contribution is 2.27. The van der Waals surface area contributed by atoms with Crippen LogP contribution in [0.15, 0.2) is 30.3 Å². The number of hydrogen-bond donors (Lipinski definition) is 3. The number of pyridine rings is 1. The smallest absolute Gasteiger partial charge is 0.204 e. The number of fused-ring (bicyclic) bond motifs is 1. The fourth-order valence-corrected chi connectivity index (χ4v) is 4.28. The molecule has 0 radical (unpaired) electrons. The zero-order chi connectivity index (χ0) is 21.3. The van der Waals surface area contributed by atoms with E-state index in [0.717, 1.165) is 60.7 Å². The van der Waals surface area contributed by atoms with Crippen molar-refractivity contribution in [2.45, 2.75) is 52.2 Å². The normalized spacial score (nSPS) is 16.8. The van der Waals surface area contributed by atoms with Gasteiger partial charge in [-0.15, -0.1) is 0 Å². The first-order chi connectivity index (χ1) is 14.4. The molecule has 0 saturated carbocycles. The van der Waals surface area contributed by atoms with E-state index in [1.165, 1.54) is 0 Å². The van der Waals surface area contributed by atoms with Crippen LogP contribution in [0.4, 0.5) is 5.95 Å². The number of benzene rings is 1. The molecule has 1 aromatic carbocycles. The van der Waals surface area contributed by atoms with Crippen LogP contribution in [0.5, 0.6) is 5.75 Å². The molecule has 1 aliphatic rings. The van der Waals surface area contributed by atoms with Gasteiger partial charge in [0.15, 0.2) is 0 Å². The van der Waals surface area contributed by atoms with Crippen molar-refractivity contribution < 1.29 is 5.11 Å². The Labute approximate surface area is 177 Å². The molecule has 1 aliphatic heterocycles. The first-order valence-corrected chi connectivity index (χ1v) is 10.8. The van der Waals surface area contributed by atoms with Gasteiger partial charge in [-0.3, -0.25) is 4.98 Å². The van der Waals surface area contributed by atoms with Crippen LogP contribution >= 0.6 is 0 Å². The quantitative estimate of drug-likeness (QED) is 0.581. The number of aryl methyl sites for hydroxylation is 2. The van der Waals surface area contributed by atoms with E-state index in [0.29, 0.717) is 18.3 Å².